The lowest BCUT2D eigenvalue weighted by molar-refractivity contribution is -0.121. The van der Waals surface area contributed by atoms with E-state index < -0.39 is 9.96 Å². The third-order valence-corrected chi connectivity index (χ3v) is 5.66. The van der Waals surface area contributed by atoms with Gasteiger partial charge in [-0.25, -0.2) is 0 Å². The standard InChI is InChI=1S/C16H20Cl3N3OS2/c17-16(18,19)14(21-15(24)22-8-10-25-11-9-22)20-13(23)7-6-12-4-2-1-3-5-12/h1-5,14H,6-11H2,(H,20,23)(H,21,24). The van der Waals surface area contributed by atoms with Gasteiger partial charge in [-0.3, -0.25) is 4.79 Å². The monoisotopic (exact) mass is 439 g/mol. The molecule has 9 heteroatoms. The predicted molar refractivity (Wildman–Crippen MR) is 112 cm³/mol. The third kappa shape index (κ3) is 7.39. The van der Waals surface area contributed by atoms with Gasteiger partial charge in [0.1, 0.15) is 6.17 Å². The maximum Gasteiger partial charge on any atom is 0.228 e. The molecule has 0 bridgehead atoms. The lowest BCUT2D eigenvalue weighted by Crippen LogP contribution is -2.58. The first-order valence-electron chi connectivity index (χ1n) is 7.89. The van der Waals surface area contributed by atoms with Gasteiger partial charge in [0, 0.05) is 31.0 Å². The van der Waals surface area contributed by atoms with E-state index in [0.717, 1.165) is 30.2 Å². The lowest BCUT2D eigenvalue weighted by atomic mass is 10.1. The van der Waals surface area contributed by atoms with E-state index >= 15 is 0 Å². The van der Waals surface area contributed by atoms with Crippen LogP contribution in [0.3, 0.4) is 0 Å². The summed E-state index contributed by atoms with van der Waals surface area (Å²) < 4.78 is -1.71. The summed E-state index contributed by atoms with van der Waals surface area (Å²) in [7, 11) is 0. The van der Waals surface area contributed by atoms with Gasteiger partial charge in [0.2, 0.25) is 9.70 Å². The van der Waals surface area contributed by atoms with E-state index in [0.29, 0.717) is 18.0 Å². The number of hydrogen-bond acceptors (Lipinski definition) is 3. The number of thioether (sulfide) groups is 1. The van der Waals surface area contributed by atoms with Crippen LogP contribution in [0.15, 0.2) is 30.3 Å². The highest BCUT2D eigenvalue weighted by atomic mass is 35.6. The first kappa shape index (κ1) is 20.9. The van der Waals surface area contributed by atoms with E-state index in [9.17, 15) is 4.79 Å². The molecule has 2 N–H and O–H groups in total. The van der Waals surface area contributed by atoms with Crippen molar-refractivity contribution in [3.63, 3.8) is 0 Å². The van der Waals surface area contributed by atoms with E-state index in [1.807, 2.05) is 47.0 Å². The molecule has 1 saturated heterocycles. The second-order valence-electron chi connectivity index (χ2n) is 5.58. The summed E-state index contributed by atoms with van der Waals surface area (Å²) in [6, 6.07) is 9.76. The first-order valence-corrected chi connectivity index (χ1v) is 10.6. The fourth-order valence-corrected chi connectivity index (χ4v) is 3.85. The SMILES string of the molecule is O=C(CCc1ccccc1)NC(NC(=S)N1CCSCC1)C(Cl)(Cl)Cl. The highest BCUT2D eigenvalue weighted by Crippen LogP contribution is 2.29. The van der Waals surface area contributed by atoms with E-state index in [4.69, 9.17) is 47.0 Å². The zero-order valence-electron chi connectivity index (χ0n) is 13.5. The normalized spacial score (nSPS) is 16.2. The molecular formula is C16H20Cl3N3OS2. The number of benzene rings is 1. The van der Waals surface area contributed by atoms with Crippen molar-refractivity contribution < 1.29 is 4.79 Å². The van der Waals surface area contributed by atoms with E-state index in [1.54, 1.807) is 0 Å². The van der Waals surface area contributed by atoms with Crippen LogP contribution >= 0.6 is 58.8 Å². The van der Waals surface area contributed by atoms with Crippen LogP contribution in [0.2, 0.25) is 0 Å². The van der Waals surface area contributed by atoms with Gasteiger partial charge in [0.15, 0.2) is 5.11 Å². The maximum absolute atomic E-state index is 12.2. The van der Waals surface area contributed by atoms with Crippen molar-refractivity contribution in [2.24, 2.45) is 0 Å². The Balaban J connectivity index is 1.88. The summed E-state index contributed by atoms with van der Waals surface area (Å²) in [5.74, 6) is 1.80. The van der Waals surface area contributed by atoms with Gasteiger partial charge in [-0.15, -0.1) is 0 Å². The molecule has 25 heavy (non-hydrogen) atoms. The molecule has 1 aliphatic rings. The average molecular weight is 441 g/mol. The topological polar surface area (TPSA) is 44.4 Å². The number of hydrogen-bond donors (Lipinski definition) is 2. The van der Waals surface area contributed by atoms with Crippen molar-refractivity contribution in [3.8, 4) is 0 Å². The molecule has 0 spiro atoms. The van der Waals surface area contributed by atoms with Crippen LogP contribution in [0.25, 0.3) is 0 Å². The predicted octanol–water partition coefficient (Wildman–Crippen LogP) is 3.36. The van der Waals surface area contributed by atoms with E-state index in [2.05, 4.69) is 10.6 Å². The minimum atomic E-state index is -1.71. The second-order valence-corrected chi connectivity index (χ2v) is 9.56. The Kier molecular flexibility index (Phi) is 8.42. The zero-order chi connectivity index (χ0) is 18.3. The molecule has 138 valence electrons. The van der Waals surface area contributed by atoms with Crippen LogP contribution in [0.4, 0.5) is 0 Å². The molecule has 4 nitrogen and oxygen atoms in total. The van der Waals surface area contributed by atoms with E-state index in [1.165, 1.54) is 0 Å². The van der Waals surface area contributed by atoms with Crippen LogP contribution in [-0.2, 0) is 11.2 Å². The molecule has 1 aromatic carbocycles. The second kappa shape index (κ2) is 10.1. The third-order valence-electron chi connectivity index (χ3n) is 3.68. The Hall–Kier alpha value is -0.400. The Morgan fingerprint density at radius 1 is 1.20 bits per heavy atom. The fraction of sp³-hybridized carbons (Fsp3) is 0.500. The number of halogens is 3. The number of aryl methyl sites for hydroxylation is 1. The minimum Gasteiger partial charge on any atom is -0.348 e. The molecular weight excluding hydrogens is 421 g/mol. The van der Waals surface area contributed by atoms with Crippen LogP contribution in [0.1, 0.15) is 12.0 Å². The van der Waals surface area contributed by atoms with Gasteiger partial charge < -0.3 is 15.5 Å². The van der Waals surface area contributed by atoms with Gasteiger partial charge in [-0.05, 0) is 24.2 Å². The summed E-state index contributed by atoms with van der Waals surface area (Å²) in [6.07, 6.45) is 0.0335. The summed E-state index contributed by atoms with van der Waals surface area (Å²) in [5, 5.41) is 6.19. The van der Waals surface area contributed by atoms with Crippen LogP contribution in [-0.4, -0.2) is 50.5 Å². The van der Waals surface area contributed by atoms with Crippen LogP contribution in [0, 0.1) is 0 Å². The molecule has 2 rings (SSSR count). The van der Waals surface area contributed by atoms with Crippen molar-refractivity contribution in [1.82, 2.24) is 15.5 Å². The number of carbonyl (C=O) groups excluding carboxylic acids is 1. The molecule has 0 aliphatic carbocycles. The number of amides is 1. The van der Waals surface area contributed by atoms with Gasteiger partial charge in [-0.1, -0.05) is 65.1 Å². The number of carbonyl (C=O) groups is 1. The molecule has 1 unspecified atom stereocenters. The lowest BCUT2D eigenvalue weighted by Gasteiger charge is -2.34. The summed E-state index contributed by atoms with van der Waals surface area (Å²) in [6.45, 7) is 1.68. The molecule has 1 amide bonds. The van der Waals surface area contributed by atoms with Crippen molar-refractivity contribution >= 4 is 69.8 Å². The number of thiocarbonyl (C=S) groups is 1. The van der Waals surface area contributed by atoms with Gasteiger partial charge >= 0.3 is 0 Å². The Morgan fingerprint density at radius 2 is 1.84 bits per heavy atom. The van der Waals surface area contributed by atoms with Gasteiger partial charge in [-0.2, -0.15) is 11.8 Å². The number of nitrogens with zero attached hydrogens (tertiary/aromatic N) is 1. The Bertz CT molecular complexity index is 578. The van der Waals surface area contributed by atoms with Crippen molar-refractivity contribution in [2.45, 2.75) is 22.8 Å². The molecule has 0 saturated carbocycles. The highest BCUT2D eigenvalue weighted by Gasteiger charge is 2.35. The fourth-order valence-electron chi connectivity index (χ4n) is 2.32. The molecule has 0 radical (unpaired) electrons. The zero-order valence-corrected chi connectivity index (χ0v) is 17.4. The molecule has 0 aromatic heterocycles. The summed E-state index contributed by atoms with van der Waals surface area (Å²) in [5.41, 5.74) is 1.08. The van der Waals surface area contributed by atoms with Gasteiger partial charge in [0.25, 0.3) is 0 Å². The van der Waals surface area contributed by atoms with Crippen molar-refractivity contribution in [3.05, 3.63) is 35.9 Å². The highest BCUT2D eigenvalue weighted by molar-refractivity contribution is 7.99. The number of rotatable bonds is 5. The van der Waals surface area contributed by atoms with Crippen molar-refractivity contribution in [2.75, 3.05) is 24.6 Å². The molecule has 1 aliphatic heterocycles. The van der Waals surface area contributed by atoms with Crippen LogP contribution in [0.5, 0.6) is 0 Å². The van der Waals surface area contributed by atoms with Gasteiger partial charge in [0.05, 0.1) is 0 Å². The molecule has 1 atom stereocenters. The number of nitrogens with one attached hydrogen (secondary N) is 2. The first-order chi connectivity index (χ1) is 11.9. The Morgan fingerprint density at radius 3 is 2.44 bits per heavy atom. The van der Waals surface area contributed by atoms with Crippen molar-refractivity contribution in [1.29, 1.82) is 0 Å². The quantitative estimate of drug-likeness (QED) is 0.417. The number of alkyl halides is 3. The smallest absolute Gasteiger partial charge is 0.228 e. The van der Waals surface area contributed by atoms with Crippen LogP contribution < -0.4 is 10.6 Å². The molecule has 1 fully saturated rings. The molecule has 1 heterocycles. The van der Waals surface area contributed by atoms with E-state index in [-0.39, 0.29) is 5.91 Å². The molecule has 1 aromatic rings. The summed E-state index contributed by atoms with van der Waals surface area (Å²) >= 11 is 25.3. The summed E-state index contributed by atoms with van der Waals surface area (Å²) in [4.78, 5) is 14.3. The average Bonchev–Trinajstić information content (AvgIpc) is 2.60. The maximum atomic E-state index is 12.2. The Labute approximate surface area is 172 Å². The largest absolute Gasteiger partial charge is 0.348 e. The minimum absolute atomic E-state index is 0.204.